The monoisotopic (exact) mass is 488 g/mol. The van der Waals surface area contributed by atoms with Crippen LogP contribution in [-0.2, 0) is 10.0 Å². The van der Waals surface area contributed by atoms with E-state index in [-0.39, 0.29) is 28.1 Å². The summed E-state index contributed by atoms with van der Waals surface area (Å²) in [4.78, 5) is 12.5. The van der Waals surface area contributed by atoms with Crippen molar-refractivity contribution in [1.82, 2.24) is 5.32 Å². The number of nitrogens with one attached hydrogen (secondary N) is 2. The molecular formula is C18H21IN2O4S. The molecule has 6 nitrogen and oxygen atoms in total. The molecular weight excluding hydrogens is 467 g/mol. The normalized spacial score (nSPS) is 12.3. The van der Waals surface area contributed by atoms with Gasteiger partial charge in [0.05, 0.1) is 26.8 Å². The molecule has 2 rings (SSSR count). The Labute approximate surface area is 167 Å². The van der Waals surface area contributed by atoms with Gasteiger partial charge in [-0.2, -0.15) is 0 Å². The molecule has 26 heavy (non-hydrogen) atoms. The van der Waals surface area contributed by atoms with Crippen LogP contribution >= 0.6 is 22.6 Å². The molecule has 0 spiro atoms. The van der Waals surface area contributed by atoms with Crippen molar-refractivity contribution in [2.75, 3.05) is 11.8 Å². The van der Waals surface area contributed by atoms with Crippen molar-refractivity contribution in [1.29, 1.82) is 0 Å². The van der Waals surface area contributed by atoms with Crippen LogP contribution in [-0.4, -0.2) is 27.5 Å². The summed E-state index contributed by atoms with van der Waals surface area (Å²) < 4.78 is 33.8. The van der Waals surface area contributed by atoms with E-state index in [4.69, 9.17) is 4.74 Å². The molecule has 2 aromatic rings. The number of hydrogen-bond acceptors (Lipinski definition) is 4. The van der Waals surface area contributed by atoms with Crippen LogP contribution in [0.15, 0.2) is 47.4 Å². The minimum atomic E-state index is -3.84. The minimum Gasteiger partial charge on any atom is -0.496 e. The first kappa shape index (κ1) is 20.5. The summed E-state index contributed by atoms with van der Waals surface area (Å²) >= 11 is 2.01. The predicted molar refractivity (Wildman–Crippen MR) is 110 cm³/mol. The van der Waals surface area contributed by atoms with E-state index < -0.39 is 10.0 Å². The van der Waals surface area contributed by atoms with E-state index in [0.29, 0.717) is 9.32 Å². The molecule has 0 heterocycles. The number of methoxy groups -OCH3 is 1. The van der Waals surface area contributed by atoms with E-state index in [2.05, 4.69) is 10.0 Å². The van der Waals surface area contributed by atoms with Crippen molar-refractivity contribution in [2.24, 2.45) is 0 Å². The lowest BCUT2D eigenvalue weighted by Gasteiger charge is -2.15. The summed E-state index contributed by atoms with van der Waals surface area (Å²) in [7, 11) is -2.32. The van der Waals surface area contributed by atoms with E-state index in [0.717, 1.165) is 6.42 Å². The van der Waals surface area contributed by atoms with E-state index in [1.165, 1.54) is 19.2 Å². The van der Waals surface area contributed by atoms with Gasteiger partial charge in [0.15, 0.2) is 0 Å². The number of ether oxygens (including phenoxy) is 1. The van der Waals surface area contributed by atoms with Crippen LogP contribution in [0.4, 0.5) is 5.69 Å². The number of carbonyl (C=O) groups excluding carboxylic acids is 1. The Morgan fingerprint density at radius 2 is 1.92 bits per heavy atom. The lowest BCUT2D eigenvalue weighted by molar-refractivity contribution is 0.0940. The van der Waals surface area contributed by atoms with Crippen LogP contribution in [0.1, 0.15) is 30.6 Å². The third-order valence-electron chi connectivity index (χ3n) is 3.84. The maximum Gasteiger partial charge on any atom is 0.261 e. The van der Waals surface area contributed by atoms with Crippen LogP contribution in [0, 0.1) is 3.57 Å². The number of amides is 1. The fraction of sp³-hybridized carbons (Fsp3) is 0.278. The van der Waals surface area contributed by atoms with E-state index in [1.807, 2.05) is 36.4 Å². The minimum absolute atomic E-state index is 0.00432. The average Bonchev–Trinajstić information content (AvgIpc) is 2.61. The number of anilines is 1. The predicted octanol–water partition coefficient (Wildman–Crippen LogP) is 3.63. The number of sulfonamides is 1. The van der Waals surface area contributed by atoms with Crippen molar-refractivity contribution in [3.63, 3.8) is 0 Å². The molecule has 0 aromatic heterocycles. The molecule has 0 bridgehead atoms. The fourth-order valence-corrected chi connectivity index (χ4v) is 4.24. The van der Waals surface area contributed by atoms with Gasteiger partial charge in [0.1, 0.15) is 5.75 Å². The number of rotatable bonds is 7. The van der Waals surface area contributed by atoms with E-state index in [1.54, 1.807) is 30.3 Å². The van der Waals surface area contributed by atoms with Gasteiger partial charge < -0.3 is 10.1 Å². The van der Waals surface area contributed by atoms with Crippen LogP contribution in [0.5, 0.6) is 5.75 Å². The largest absolute Gasteiger partial charge is 0.496 e. The number of hydrogen-bond donors (Lipinski definition) is 2. The molecule has 0 saturated heterocycles. The van der Waals surface area contributed by atoms with Gasteiger partial charge in [-0.05, 0) is 66.3 Å². The second-order valence-electron chi connectivity index (χ2n) is 5.73. The molecule has 140 valence electrons. The molecule has 0 saturated carbocycles. The van der Waals surface area contributed by atoms with Gasteiger partial charge >= 0.3 is 0 Å². The molecule has 2 N–H and O–H groups in total. The Balaban J connectivity index is 2.33. The first-order valence-electron chi connectivity index (χ1n) is 8.04. The van der Waals surface area contributed by atoms with Crippen LogP contribution in [0.25, 0.3) is 0 Å². The quantitative estimate of drug-likeness (QED) is 0.584. The molecule has 0 aliphatic carbocycles. The van der Waals surface area contributed by atoms with Gasteiger partial charge in [-0.1, -0.05) is 19.1 Å². The highest BCUT2D eigenvalue weighted by molar-refractivity contribution is 14.1. The van der Waals surface area contributed by atoms with Crippen molar-refractivity contribution in [3.05, 3.63) is 51.6 Å². The van der Waals surface area contributed by atoms with Gasteiger partial charge in [-0.15, -0.1) is 0 Å². The number of para-hydroxylation sites is 1. The molecule has 2 aromatic carbocycles. The van der Waals surface area contributed by atoms with Crippen molar-refractivity contribution >= 4 is 44.2 Å². The molecule has 1 atom stereocenters. The molecule has 0 aliphatic heterocycles. The zero-order valence-corrected chi connectivity index (χ0v) is 17.7. The average molecular weight is 488 g/mol. The van der Waals surface area contributed by atoms with Crippen molar-refractivity contribution in [2.45, 2.75) is 31.2 Å². The molecule has 8 heteroatoms. The zero-order valence-electron chi connectivity index (χ0n) is 14.7. The Kier molecular flexibility index (Phi) is 6.87. The molecule has 0 aliphatic rings. The summed E-state index contributed by atoms with van der Waals surface area (Å²) in [5.41, 5.74) is 0.513. The molecule has 1 amide bonds. The zero-order chi connectivity index (χ0) is 19.3. The maximum atomic E-state index is 12.7. The van der Waals surface area contributed by atoms with Crippen LogP contribution in [0.3, 0.4) is 0 Å². The SMILES string of the molecule is CC[C@@H](C)NC(=O)c1ccccc1NS(=O)(=O)c1ccc(OC)c(I)c1. The number of carbonyl (C=O) groups is 1. The van der Waals surface area contributed by atoms with Crippen LogP contribution < -0.4 is 14.8 Å². The third kappa shape index (κ3) is 4.88. The number of halogens is 1. The fourth-order valence-electron chi connectivity index (χ4n) is 2.19. The highest BCUT2D eigenvalue weighted by atomic mass is 127. The lowest BCUT2D eigenvalue weighted by atomic mass is 10.1. The van der Waals surface area contributed by atoms with Gasteiger partial charge in [0.2, 0.25) is 0 Å². The van der Waals surface area contributed by atoms with E-state index in [9.17, 15) is 13.2 Å². The van der Waals surface area contributed by atoms with Crippen molar-refractivity contribution in [3.8, 4) is 5.75 Å². The Morgan fingerprint density at radius 3 is 2.54 bits per heavy atom. The molecule has 0 fully saturated rings. The topological polar surface area (TPSA) is 84.5 Å². The number of benzene rings is 2. The lowest BCUT2D eigenvalue weighted by Crippen LogP contribution is -2.32. The Morgan fingerprint density at radius 1 is 1.23 bits per heavy atom. The van der Waals surface area contributed by atoms with Gasteiger partial charge in [-0.25, -0.2) is 8.42 Å². The standard InChI is InChI=1S/C18H21IN2O4S/c1-4-12(2)20-18(22)14-7-5-6-8-16(14)21-26(23,24)13-9-10-17(25-3)15(19)11-13/h5-12,21H,4H2,1-3H3,(H,20,22)/t12-/m1/s1. The second-order valence-corrected chi connectivity index (χ2v) is 8.57. The van der Waals surface area contributed by atoms with Gasteiger partial charge in [-0.3, -0.25) is 9.52 Å². The third-order valence-corrected chi connectivity index (χ3v) is 6.05. The Bertz CT molecular complexity index is 900. The highest BCUT2D eigenvalue weighted by Crippen LogP contribution is 2.26. The second kappa shape index (κ2) is 8.72. The smallest absolute Gasteiger partial charge is 0.261 e. The molecule has 0 radical (unpaired) electrons. The van der Waals surface area contributed by atoms with Gasteiger partial charge in [0, 0.05) is 6.04 Å². The first-order valence-corrected chi connectivity index (χ1v) is 10.6. The summed E-state index contributed by atoms with van der Waals surface area (Å²) in [6.07, 6.45) is 0.782. The highest BCUT2D eigenvalue weighted by Gasteiger charge is 2.20. The van der Waals surface area contributed by atoms with E-state index >= 15 is 0 Å². The maximum absolute atomic E-state index is 12.7. The molecule has 0 unspecified atom stereocenters. The first-order chi connectivity index (χ1) is 12.3. The summed E-state index contributed by atoms with van der Waals surface area (Å²) in [5, 5.41) is 2.84. The summed E-state index contributed by atoms with van der Waals surface area (Å²) in [6.45, 7) is 3.86. The van der Waals surface area contributed by atoms with Crippen LogP contribution in [0.2, 0.25) is 0 Å². The van der Waals surface area contributed by atoms with Gasteiger partial charge in [0.25, 0.3) is 15.9 Å². The summed E-state index contributed by atoms with van der Waals surface area (Å²) in [5.74, 6) is 0.278. The van der Waals surface area contributed by atoms with Crippen molar-refractivity contribution < 1.29 is 17.9 Å². The summed E-state index contributed by atoms with van der Waals surface area (Å²) in [6, 6.07) is 11.1. The Hall–Kier alpha value is -1.81.